The van der Waals surface area contributed by atoms with E-state index >= 15 is 0 Å². The SMILES string of the molecule is CCCC/C(N)=C/N(N)CCO. The van der Waals surface area contributed by atoms with Crippen LogP contribution in [0.2, 0.25) is 0 Å². The average Bonchev–Trinajstić information content (AvgIpc) is 2.01. The largest absolute Gasteiger partial charge is 0.401 e. The molecule has 4 heteroatoms. The molecule has 5 N–H and O–H groups in total. The first-order valence-electron chi connectivity index (χ1n) is 4.29. The molecular formula is C8H19N3O. The lowest BCUT2D eigenvalue weighted by molar-refractivity contribution is 0.238. The molecule has 0 bridgehead atoms. The number of hydrogen-bond acceptors (Lipinski definition) is 4. The van der Waals surface area contributed by atoms with Crippen LogP contribution in [-0.4, -0.2) is 23.3 Å². The maximum atomic E-state index is 8.53. The fourth-order valence-electron chi connectivity index (χ4n) is 0.838. The first-order valence-corrected chi connectivity index (χ1v) is 4.29. The van der Waals surface area contributed by atoms with Gasteiger partial charge in [0, 0.05) is 11.9 Å². The minimum absolute atomic E-state index is 0.0497. The smallest absolute Gasteiger partial charge is 0.0622 e. The van der Waals surface area contributed by atoms with E-state index in [1.807, 2.05) is 0 Å². The molecule has 0 fully saturated rings. The first-order chi connectivity index (χ1) is 5.70. The molecule has 12 heavy (non-hydrogen) atoms. The van der Waals surface area contributed by atoms with Crippen LogP contribution in [0.15, 0.2) is 11.9 Å². The van der Waals surface area contributed by atoms with E-state index in [1.54, 1.807) is 6.20 Å². The Labute approximate surface area is 73.8 Å². The average molecular weight is 173 g/mol. The van der Waals surface area contributed by atoms with Gasteiger partial charge in [-0.25, -0.2) is 5.84 Å². The van der Waals surface area contributed by atoms with Crippen LogP contribution >= 0.6 is 0 Å². The second kappa shape index (κ2) is 6.94. The van der Waals surface area contributed by atoms with Crippen LogP contribution in [0.1, 0.15) is 26.2 Å². The summed E-state index contributed by atoms with van der Waals surface area (Å²) in [5.74, 6) is 5.47. The molecule has 0 saturated carbocycles. The molecule has 0 aliphatic carbocycles. The first kappa shape index (κ1) is 11.3. The number of aliphatic hydroxyl groups is 1. The number of allylic oxidation sites excluding steroid dienone is 1. The van der Waals surface area contributed by atoms with Gasteiger partial charge in [0.05, 0.1) is 13.2 Å². The van der Waals surface area contributed by atoms with E-state index in [2.05, 4.69) is 6.92 Å². The molecule has 0 atom stereocenters. The number of hydrazine groups is 1. The summed E-state index contributed by atoms with van der Waals surface area (Å²) in [5.41, 5.74) is 6.42. The van der Waals surface area contributed by atoms with Crippen molar-refractivity contribution in [3.8, 4) is 0 Å². The zero-order chi connectivity index (χ0) is 9.40. The van der Waals surface area contributed by atoms with Crippen molar-refractivity contribution in [2.24, 2.45) is 11.6 Å². The second-order valence-corrected chi connectivity index (χ2v) is 2.77. The highest BCUT2D eigenvalue weighted by atomic mass is 16.3. The maximum Gasteiger partial charge on any atom is 0.0622 e. The molecule has 0 amide bonds. The highest BCUT2D eigenvalue weighted by Gasteiger charge is 1.93. The summed E-state index contributed by atoms with van der Waals surface area (Å²) in [4.78, 5) is 0. The standard InChI is InChI=1S/C8H19N3O/c1-2-3-4-8(9)7-11(10)5-6-12/h7,12H,2-6,9-10H2,1H3/b8-7-. The predicted molar refractivity (Wildman–Crippen MR) is 49.8 cm³/mol. The molecule has 0 aromatic rings. The van der Waals surface area contributed by atoms with Crippen molar-refractivity contribution in [3.63, 3.8) is 0 Å². The summed E-state index contributed by atoms with van der Waals surface area (Å²) in [6.07, 6.45) is 4.75. The van der Waals surface area contributed by atoms with Gasteiger partial charge in [-0.2, -0.15) is 0 Å². The molecule has 0 aromatic carbocycles. The highest BCUT2D eigenvalue weighted by Crippen LogP contribution is 2.00. The molecule has 0 rings (SSSR count). The van der Waals surface area contributed by atoms with Crippen molar-refractivity contribution in [1.29, 1.82) is 0 Å². The Hall–Kier alpha value is -0.740. The minimum atomic E-state index is 0.0497. The third-order valence-electron chi connectivity index (χ3n) is 1.51. The number of nitrogens with two attached hydrogens (primary N) is 2. The molecule has 0 heterocycles. The summed E-state index contributed by atoms with van der Waals surface area (Å²) >= 11 is 0. The summed E-state index contributed by atoms with van der Waals surface area (Å²) < 4.78 is 0. The van der Waals surface area contributed by atoms with Gasteiger partial charge in [-0.1, -0.05) is 13.3 Å². The third-order valence-corrected chi connectivity index (χ3v) is 1.51. The van der Waals surface area contributed by atoms with E-state index in [1.165, 1.54) is 5.01 Å². The molecule has 0 aliphatic heterocycles. The number of aliphatic hydroxyl groups excluding tert-OH is 1. The molecule has 0 saturated heterocycles. The highest BCUT2D eigenvalue weighted by molar-refractivity contribution is 4.94. The van der Waals surface area contributed by atoms with Crippen LogP contribution in [0, 0.1) is 0 Å². The van der Waals surface area contributed by atoms with Crippen molar-refractivity contribution in [2.75, 3.05) is 13.2 Å². The van der Waals surface area contributed by atoms with Gasteiger partial charge in [-0.15, -0.1) is 0 Å². The van der Waals surface area contributed by atoms with Crippen LogP contribution in [0.25, 0.3) is 0 Å². The number of nitrogens with zero attached hydrogens (tertiary/aromatic N) is 1. The second-order valence-electron chi connectivity index (χ2n) is 2.77. The topological polar surface area (TPSA) is 75.5 Å². The zero-order valence-electron chi connectivity index (χ0n) is 7.66. The van der Waals surface area contributed by atoms with Crippen LogP contribution in [0.4, 0.5) is 0 Å². The molecule has 0 unspecified atom stereocenters. The van der Waals surface area contributed by atoms with E-state index in [4.69, 9.17) is 16.7 Å². The van der Waals surface area contributed by atoms with E-state index in [9.17, 15) is 0 Å². The third kappa shape index (κ3) is 6.00. The van der Waals surface area contributed by atoms with Gasteiger partial charge in [0.15, 0.2) is 0 Å². The van der Waals surface area contributed by atoms with E-state index in [0.29, 0.717) is 6.54 Å². The summed E-state index contributed by atoms with van der Waals surface area (Å²) in [6, 6.07) is 0. The maximum absolute atomic E-state index is 8.53. The zero-order valence-corrected chi connectivity index (χ0v) is 7.66. The lowest BCUT2D eigenvalue weighted by Gasteiger charge is -2.12. The molecule has 0 aliphatic rings. The van der Waals surface area contributed by atoms with Gasteiger partial charge in [0.1, 0.15) is 0 Å². The van der Waals surface area contributed by atoms with Crippen molar-refractivity contribution in [1.82, 2.24) is 5.01 Å². The molecular weight excluding hydrogens is 154 g/mol. The lowest BCUT2D eigenvalue weighted by Crippen LogP contribution is -2.29. The number of hydrogen-bond donors (Lipinski definition) is 3. The summed E-state index contributed by atoms with van der Waals surface area (Å²) in [6.45, 7) is 2.59. The van der Waals surface area contributed by atoms with E-state index in [0.717, 1.165) is 25.0 Å². The van der Waals surface area contributed by atoms with Crippen molar-refractivity contribution in [2.45, 2.75) is 26.2 Å². The Bertz CT molecular complexity index is 136. The van der Waals surface area contributed by atoms with E-state index < -0.39 is 0 Å². The Morgan fingerprint density at radius 1 is 1.58 bits per heavy atom. The van der Waals surface area contributed by atoms with Gasteiger partial charge in [0.25, 0.3) is 0 Å². The number of rotatable bonds is 6. The van der Waals surface area contributed by atoms with Crippen molar-refractivity contribution >= 4 is 0 Å². The van der Waals surface area contributed by atoms with Gasteiger partial charge in [-0.3, -0.25) is 0 Å². The van der Waals surface area contributed by atoms with Crippen LogP contribution in [0.5, 0.6) is 0 Å². The Kier molecular flexibility index (Phi) is 6.51. The van der Waals surface area contributed by atoms with Crippen LogP contribution in [-0.2, 0) is 0 Å². The van der Waals surface area contributed by atoms with Crippen LogP contribution < -0.4 is 11.6 Å². The summed E-state index contributed by atoms with van der Waals surface area (Å²) in [7, 11) is 0. The van der Waals surface area contributed by atoms with Gasteiger partial charge >= 0.3 is 0 Å². The molecule has 0 aromatic heterocycles. The predicted octanol–water partition coefficient (Wildman–Crippen LogP) is 0.145. The normalized spacial score (nSPS) is 11.8. The Morgan fingerprint density at radius 2 is 2.25 bits per heavy atom. The summed E-state index contributed by atoms with van der Waals surface area (Å²) in [5, 5.41) is 9.94. The van der Waals surface area contributed by atoms with Gasteiger partial charge in [-0.05, 0) is 12.8 Å². The van der Waals surface area contributed by atoms with Crippen molar-refractivity contribution in [3.05, 3.63) is 11.9 Å². The van der Waals surface area contributed by atoms with Crippen LogP contribution in [0.3, 0.4) is 0 Å². The monoisotopic (exact) mass is 173 g/mol. The lowest BCUT2D eigenvalue weighted by atomic mass is 10.2. The van der Waals surface area contributed by atoms with E-state index in [-0.39, 0.29) is 6.61 Å². The molecule has 0 radical (unpaired) electrons. The van der Waals surface area contributed by atoms with Gasteiger partial charge < -0.3 is 15.8 Å². The molecule has 72 valence electrons. The number of unbranched alkanes of at least 4 members (excludes halogenated alkanes) is 1. The molecule has 4 nitrogen and oxygen atoms in total. The quantitative estimate of drug-likeness (QED) is 0.394. The fraction of sp³-hybridized carbons (Fsp3) is 0.750. The molecule has 0 spiro atoms. The minimum Gasteiger partial charge on any atom is -0.401 e. The Morgan fingerprint density at radius 3 is 2.75 bits per heavy atom. The fourth-order valence-corrected chi connectivity index (χ4v) is 0.838. The van der Waals surface area contributed by atoms with Gasteiger partial charge in [0.2, 0.25) is 0 Å². The Balaban J connectivity index is 3.64. The van der Waals surface area contributed by atoms with Crippen molar-refractivity contribution < 1.29 is 5.11 Å².